The Morgan fingerprint density at radius 1 is 1.21 bits per heavy atom. The summed E-state index contributed by atoms with van der Waals surface area (Å²) in [7, 11) is 1.98. The van der Waals surface area contributed by atoms with E-state index in [1.54, 1.807) is 11.1 Å². The number of hydrogen-bond acceptors (Lipinski definition) is 4. The first-order valence-electron chi connectivity index (χ1n) is 9.47. The molecule has 0 bridgehead atoms. The minimum Gasteiger partial charge on any atom is -0.355 e. The first-order valence-corrected chi connectivity index (χ1v) is 9.47. The van der Waals surface area contributed by atoms with E-state index in [2.05, 4.69) is 19.9 Å². The van der Waals surface area contributed by atoms with Crippen LogP contribution in [0.25, 0.3) is 11.0 Å². The lowest BCUT2D eigenvalue weighted by Gasteiger charge is -2.16. The molecule has 1 aliphatic rings. The Balaban J connectivity index is 1.30. The van der Waals surface area contributed by atoms with Gasteiger partial charge in [0.25, 0.3) is 0 Å². The molecule has 4 rings (SSSR count). The van der Waals surface area contributed by atoms with E-state index >= 15 is 0 Å². The summed E-state index contributed by atoms with van der Waals surface area (Å²) in [4.78, 5) is 35.3. The number of fused-ring (bicyclic) bond motifs is 1. The Morgan fingerprint density at radius 2 is 2.04 bits per heavy atom. The molecule has 1 fully saturated rings. The number of imidazole rings is 1. The van der Waals surface area contributed by atoms with Crippen LogP contribution in [0.2, 0.25) is 0 Å². The Morgan fingerprint density at radius 3 is 2.82 bits per heavy atom. The Bertz CT molecular complexity index is 998. The van der Waals surface area contributed by atoms with Crippen molar-refractivity contribution in [3.63, 3.8) is 0 Å². The van der Waals surface area contributed by atoms with Gasteiger partial charge in [0.1, 0.15) is 5.82 Å². The van der Waals surface area contributed by atoms with Crippen molar-refractivity contribution in [3.05, 3.63) is 60.2 Å². The maximum Gasteiger partial charge on any atom is 0.225 e. The quantitative estimate of drug-likeness (QED) is 0.709. The summed E-state index contributed by atoms with van der Waals surface area (Å²) >= 11 is 0. The van der Waals surface area contributed by atoms with Gasteiger partial charge in [0, 0.05) is 39.2 Å². The van der Waals surface area contributed by atoms with Crippen molar-refractivity contribution >= 4 is 22.8 Å². The van der Waals surface area contributed by atoms with E-state index in [1.165, 1.54) is 0 Å². The van der Waals surface area contributed by atoms with Gasteiger partial charge in [0.15, 0.2) is 0 Å². The SMILES string of the molecule is Cn1c(CCNC(=O)[C@@H]2CC(=O)N(Cc3ccccn3)C2)nc2ccccc21. The second-order valence-corrected chi connectivity index (χ2v) is 7.11. The molecule has 7 heteroatoms. The number of nitrogens with zero attached hydrogens (tertiary/aromatic N) is 4. The fourth-order valence-electron chi connectivity index (χ4n) is 3.65. The van der Waals surface area contributed by atoms with Gasteiger partial charge in [0.2, 0.25) is 11.8 Å². The Labute approximate surface area is 163 Å². The van der Waals surface area contributed by atoms with Crippen LogP contribution < -0.4 is 5.32 Å². The van der Waals surface area contributed by atoms with Gasteiger partial charge in [-0.3, -0.25) is 14.6 Å². The third kappa shape index (κ3) is 3.74. The van der Waals surface area contributed by atoms with Gasteiger partial charge in [-0.15, -0.1) is 0 Å². The molecule has 0 spiro atoms. The molecule has 2 aromatic heterocycles. The van der Waals surface area contributed by atoms with Gasteiger partial charge < -0.3 is 14.8 Å². The van der Waals surface area contributed by atoms with Crippen LogP contribution in [-0.4, -0.2) is 44.3 Å². The molecule has 1 saturated heterocycles. The molecule has 1 aliphatic heterocycles. The summed E-state index contributed by atoms with van der Waals surface area (Å²) in [5.74, 6) is 0.550. The zero-order chi connectivity index (χ0) is 19.5. The highest BCUT2D eigenvalue weighted by atomic mass is 16.2. The number of aromatic nitrogens is 3. The predicted octanol–water partition coefficient (Wildman–Crippen LogP) is 1.68. The first kappa shape index (κ1) is 18.2. The van der Waals surface area contributed by atoms with Gasteiger partial charge in [-0.2, -0.15) is 0 Å². The smallest absolute Gasteiger partial charge is 0.225 e. The zero-order valence-corrected chi connectivity index (χ0v) is 15.8. The van der Waals surface area contributed by atoms with Crippen LogP contribution in [0.3, 0.4) is 0 Å². The van der Waals surface area contributed by atoms with Crippen molar-refractivity contribution in [2.24, 2.45) is 13.0 Å². The van der Waals surface area contributed by atoms with Crippen molar-refractivity contribution in [2.75, 3.05) is 13.1 Å². The van der Waals surface area contributed by atoms with E-state index < -0.39 is 0 Å². The van der Waals surface area contributed by atoms with Crippen molar-refractivity contribution in [1.29, 1.82) is 0 Å². The summed E-state index contributed by atoms with van der Waals surface area (Å²) in [6.07, 6.45) is 2.61. The minimum absolute atomic E-state index is 0.00107. The van der Waals surface area contributed by atoms with E-state index in [0.29, 0.717) is 26.1 Å². The predicted molar refractivity (Wildman–Crippen MR) is 105 cm³/mol. The number of rotatable bonds is 6. The molecule has 1 aromatic carbocycles. The third-order valence-electron chi connectivity index (χ3n) is 5.19. The summed E-state index contributed by atoms with van der Waals surface area (Å²) in [6, 6.07) is 13.6. The van der Waals surface area contributed by atoms with Crippen LogP contribution in [0.4, 0.5) is 0 Å². The largest absolute Gasteiger partial charge is 0.355 e. The molecule has 1 N–H and O–H groups in total. The summed E-state index contributed by atoms with van der Waals surface area (Å²) in [5.41, 5.74) is 2.87. The molecule has 3 heterocycles. The van der Waals surface area contributed by atoms with Crippen LogP contribution in [0.5, 0.6) is 0 Å². The molecule has 0 aliphatic carbocycles. The molecule has 28 heavy (non-hydrogen) atoms. The van der Waals surface area contributed by atoms with Crippen LogP contribution in [-0.2, 0) is 29.6 Å². The number of nitrogens with one attached hydrogen (secondary N) is 1. The van der Waals surface area contributed by atoms with Gasteiger partial charge in [-0.05, 0) is 24.3 Å². The topological polar surface area (TPSA) is 80.1 Å². The number of likely N-dealkylation sites (tertiary alicyclic amines) is 1. The van der Waals surface area contributed by atoms with Gasteiger partial charge in [0.05, 0.1) is 29.2 Å². The van der Waals surface area contributed by atoms with Crippen LogP contribution in [0, 0.1) is 5.92 Å². The molecule has 7 nitrogen and oxygen atoms in total. The van der Waals surface area contributed by atoms with E-state index in [1.807, 2.05) is 49.5 Å². The molecular weight excluding hydrogens is 354 g/mol. The summed E-state index contributed by atoms with van der Waals surface area (Å²) < 4.78 is 2.05. The average Bonchev–Trinajstić information content (AvgIpc) is 3.23. The number of amides is 2. The minimum atomic E-state index is -0.309. The fraction of sp³-hybridized carbons (Fsp3) is 0.333. The van der Waals surface area contributed by atoms with Crippen molar-refractivity contribution in [1.82, 2.24) is 24.8 Å². The molecule has 0 saturated carbocycles. The normalized spacial score (nSPS) is 16.7. The highest BCUT2D eigenvalue weighted by molar-refractivity contribution is 5.89. The lowest BCUT2D eigenvalue weighted by Crippen LogP contribution is -2.34. The second-order valence-electron chi connectivity index (χ2n) is 7.11. The van der Waals surface area contributed by atoms with Gasteiger partial charge in [-0.1, -0.05) is 18.2 Å². The van der Waals surface area contributed by atoms with Gasteiger partial charge in [-0.25, -0.2) is 4.98 Å². The summed E-state index contributed by atoms with van der Waals surface area (Å²) in [6.45, 7) is 1.39. The van der Waals surface area contributed by atoms with E-state index in [0.717, 1.165) is 22.6 Å². The Hall–Kier alpha value is -3.22. The maximum atomic E-state index is 12.5. The number of carbonyl (C=O) groups excluding carboxylic acids is 2. The van der Waals surface area contributed by atoms with Crippen molar-refractivity contribution in [2.45, 2.75) is 19.4 Å². The number of para-hydroxylation sites is 2. The zero-order valence-electron chi connectivity index (χ0n) is 15.8. The summed E-state index contributed by atoms with van der Waals surface area (Å²) in [5, 5.41) is 2.96. The van der Waals surface area contributed by atoms with Crippen molar-refractivity contribution < 1.29 is 9.59 Å². The standard InChI is InChI=1S/C21H23N5O2/c1-25-18-8-3-2-7-17(18)24-19(25)9-11-23-21(28)15-12-20(27)26(13-15)14-16-6-4-5-10-22-16/h2-8,10,15H,9,11-14H2,1H3,(H,23,28)/t15-/m1/s1. The molecule has 3 aromatic rings. The van der Waals surface area contributed by atoms with Crippen LogP contribution >= 0.6 is 0 Å². The number of hydrogen-bond donors (Lipinski definition) is 1. The highest BCUT2D eigenvalue weighted by Gasteiger charge is 2.34. The lowest BCUT2D eigenvalue weighted by atomic mass is 10.1. The molecule has 2 amide bonds. The monoisotopic (exact) mass is 377 g/mol. The molecule has 0 unspecified atom stereocenters. The van der Waals surface area contributed by atoms with E-state index in [4.69, 9.17) is 0 Å². The number of carbonyl (C=O) groups is 2. The fourth-order valence-corrected chi connectivity index (χ4v) is 3.65. The number of aryl methyl sites for hydroxylation is 1. The van der Waals surface area contributed by atoms with Crippen LogP contribution in [0.1, 0.15) is 17.9 Å². The van der Waals surface area contributed by atoms with Crippen molar-refractivity contribution in [3.8, 4) is 0 Å². The molecule has 0 radical (unpaired) electrons. The average molecular weight is 377 g/mol. The molecule has 1 atom stereocenters. The van der Waals surface area contributed by atoms with E-state index in [-0.39, 0.29) is 24.2 Å². The molecular formula is C21H23N5O2. The Kier molecular flexibility index (Phi) is 5.06. The second kappa shape index (κ2) is 7.80. The third-order valence-corrected chi connectivity index (χ3v) is 5.19. The number of benzene rings is 1. The highest BCUT2D eigenvalue weighted by Crippen LogP contribution is 2.20. The van der Waals surface area contributed by atoms with Gasteiger partial charge >= 0.3 is 0 Å². The lowest BCUT2D eigenvalue weighted by molar-refractivity contribution is -0.129. The maximum absolute atomic E-state index is 12.5. The van der Waals surface area contributed by atoms with E-state index in [9.17, 15) is 9.59 Å². The first-order chi connectivity index (χ1) is 13.6. The molecule has 144 valence electrons. The number of pyridine rings is 1. The van der Waals surface area contributed by atoms with Crippen LogP contribution in [0.15, 0.2) is 48.7 Å².